The quantitative estimate of drug-likeness (QED) is 0.194. The van der Waals surface area contributed by atoms with Crippen molar-refractivity contribution in [2.75, 3.05) is 33.6 Å². The molecule has 0 aliphatic heterocycles. The van der Waals surface area contributed by atoms with Gasteiger partial charge < -0.3 is 24.1 Å². The van der Waals surface area contributed by atoms with Gasteiger partial charge in [0.25, 0.3) is 11.8 Å². The van der Waals surface area contributed by atoms with Crippen LogP contribution in [-0.4, -0.2) is 55.0 Å². The molecule has 0 aliphatic rings. The van der Waals surface area contributed by atoms with Crippen LogP contribution in [0.3, 0.4) is 0 Å². The third kappa shape index (κ3) is 5.74. The first-order valence-electron chi connectivity index (χ1n) is 10.5. The van der Waals surface area contributed by atoms with Crippen molar-refractivity contribution in [1.29, 1.82) is 0 Å². The molecule has 0 saturated heterocycles. The summed E-state index contributed by atoms with van der Waals surface area (Å²) in [5.74, 6) is 0.696. The standard InChI is InChI=1S/C24H22N4O7S/c1-28(2)24(30)20-11-17-18(33-15-5-7-16(8-6-15)36-35-32-4)9-14(10-19(17)34-20)23(29)27-21-12-26-22(31-3)13-25-21/h5-13H,1-4H3,(H,25,27,29). The van der Waals surface area contributed by atoms with E-state index in [0.717, 1.165) is 16.9 Å². The molecule has 2 amide bonds. The lowest BCUT2D eigenvalue weighted by Crippen LogP contribution is -2.20. The maximum atomic E-state index is 13.0. The van der Waals surface area contributed by atoms with Crippen LogP contribution in [0.5, 0.6) is 17.4 Å². The Morgan fingerprint density at radius 2 is 1.81 bits per heavy atom. The third-order valence-corrected chi connectivity index (χ3v) is 5.48. The lowest BCUT2D eigenvalue weighted by Gasteiger charge is -2.10. The van der Waals surface area contributed by atoms with E-state index in [1.54, 1.807) is 50.5 Å². The van der Waals surface area contributed by atoms with E-state index in [1.807, 2.05) is 0 Å². The van der Waals surface area contributed by atoms with Gasteiger partial charge in [-0.3, -0.25) is 9.59 Å². The summed E-state index contributed by atoms with van der Waals surface area (Å²) in [4.78, 5) is 40.4. The molecule has 12 heteroatoms. The molecule has 0 bridgehead atoms. The number of benzene rings is 2. The van der Waals surface area contributed by atoms with Gasteiger partial charge in [-0.2, -0.15) is 4.33 Å². The lowest BCUT2D eigenvalue weighted by molar-refractivity contribution is -0.160. The fourth-order valence-corrected chi connectivity index (χ4v) is 3.48. The number of carbonyl (C=O) groups is 2. The Balaban J connectivity index is 1.67. The molecule has 11 nitrogen and oxygen atoms in total. The van der Waals surface area contributed by atoms with Crippen LogP contribution in [0.4, 0.5) is 5.82 Å². The molecular formula is C24H22N4O7S. The molecule has 0 spiro atoms. The Kier molecular flexibility index (Phi) is 7.68. The zero-order valence-corrected chi connectivity index (χ0v) is 20.6. The highest BCUT2D eigenvalue weighted by Gasteiger charge is 2.20. The van der Waals surface area contributed by atoms with Crippen LogP contribution in [-0.2, 0) is 9.22 Å². The summed E-state index contributed by atoms with van der Waals surface area (Å²) in [6.07, 6.45) is 2.76. The van der Waals surface area contributed by atoms with Crippen molar-refractivity contribution < 1.29 is 32.7 Å². The average Bonchev–Trinajstić information content (AvgIpc) is 3.32. The Morgan fingerprint density at radius 1 is 1.03 bits per heavy atom. The molecule has 0 fully saturated rings. The van der Waals surface area contributed by atoms with Crippen LogP contribution < -0.4 is 14.8 Å². The summed E-state index contributed by atoms with van der Waals surface area (Å²) in [5.41, 5.74) is 0.540. The molecule has 0 radical (unpaired) electrons. The number of hydrogen-bond acceptors (Lipinski definition) is 10. The molecule has 0 saturated carbocycles. The van der Waals surface area contributed by atoms with Crippen molar-refractivity contribution in [3.05, 3.63) is 66.2 Å². The van der Waals surface area contributed by atoms with Crippen molar-refractivity contribution in [2.24, 2.45) is 0 Å². The first-order valence-corrected chi connectivity index (χ1v) is 11.2. The Bertz CT molecular complexity index is 1370. The maximum absolute atomic E-state index is 13.0. The number of aromatic nitrogens is 2. The van der Waals surface area contributed by atoms with E-state index >= 15 is 0 Å². The molecule has 186 valence electrons. The van der Waals surface area contributed by atoms with E-state index in [9.17, 15) is 9.59 Å². The van der Waals surface area contributed by atoms with Gasteiger partial charge in [0.2, 0.25) is 5.88 Å². The van der Waals surface area contributed by atoms with Gasteiger partial charge >= 0.3 is 0 Å². The lowest BCUT2D eigenvalue weighted by atomic mass is 10.1. The van der Waals surface area contributed by atoms with Gasteiger partial charge in [0.15, 0.2) is 11.6 Å². The van der Waals surface area contributed by atoms with Crippen molar-refractivity contribution in [3.63, 3.8) is 0 Å². The van der Waals surface area contributed by atoms with Gasteiger partial charge in [-0.05, 0) is 36.4 Å². The van der Waals surface area contributed by atoms with E-state index in [0.29, 0.717) is 28.3 Å². The van der Waals surface area contributed by atoms with Crippen LogP contribution >= 0.6 is 12.0 Å². The Morgan fingerprint density at radius 3 is 2.44 bits per heavy atom. The minimum atomic E-state index is -0.471. The van der Waals surface area contributed by atoms with Crippen molar-refractivity contribution >= 4 is 40.6 Å². The number of carbonyl (C=O) groups excluding carboxylic acids is 2. The molecule has 2 heterocycles. The normalized spacial score (nSPS) is 10.8. The molecule has 36 heavy (non-hydrogen) atoms. The van der Waals surface area contributed by atoms with Gasteiger partial charge in [-0.25, -0.2) is 14.9 Å². The number of nitrogens with one attached hydrogen (secondary N) is 1. The number of nitrogens with zero attached hydrogens (tertiary/aromatic N) is 3. The van der Waals surface area contributed by atoms with E-state index < -0.39 is 5.91 Å². The van der Waals surface area contributed by atoms with Gasteiger partial charge in [-0.1, -0.05) is 0 Å². The van der Waals surface area contributed by atoms with Crippen LogP contribution in [0.15, 0.2) is 64.2 Å². The van der Waals surface area contributed by atoms with Crippen molar-refractivity contribution in [2.45, 2.75) is 4.90 Å². The summed E-state index contributed by atoms with van der Waals surface area (Å²) in [6.45, 7) is 0. The minimum Gasteiger partial charge on any atom is -0.480 e. The molecule has 0 unspecified atom stereocenters. The second-order valence-electron chi connectivity index (χ2n) is 7.49. The molecule has 4 aromatic rings. The third-order valence-electron chi connectivity index (χ3n) is 4.81. The second-order valence-corrected chi connectivity index (χ2v) is 8.26. The minimum absolute atomic E-state index is 0.113. The topological polar surface area (TPSA) is 125 Å². The van der Waals surface area contributed by atoms with E-state index in [4.69, 9.17) is 18.2 Å². The molecule has 1 N–H and O–H groups in total. The van der Waals surface area contributed by atoms with Gasteiger partial charge in [0.1, 0.15) is 17.1 Å². The summed E-state index contributed by atoms with van der Waals surface area (Å²) >= 11 is 1.05. The molecule has 2 aromatic heterocycles. The maximum Gasteiger partial charge on any atom is 0.289 e. The fraction of sp³-hybridized carbons (Fsp3) is 0.167. The predicted molar refractivity (Wildman–Crippen MR) is 131 cm³/mol. The molecule has 0 atom stereocenters. The number of amides is 2. The number of fused-ring (bicyclic) bond motifs is 1. The van der Waals surface area contributed by atoms with E-state index in [1.165, 1.54) is 37.6 Å². The first kappa shape index (κ1) is 25.0. The van der Waals surface area contributed by atoms with Crippen LogP contribution in [0, 0.1) is 0 Å². The Labute approximate surface area is 210 Å². The van der Waals surface area contributed by atoms with E-state index in [2.05, 4.69) is 20.2 Å². The van der Waals surface area contributed by atoms with Crippen molar-refractivity contribution in [3.8, 4) is 17.4 Å². The average molecular weight is 511 g/mol. The van der Waals surface area contributed by atoms with E-state index in [-0.39, 0.29) is 23.0 Å². The summed E-state index contributed by atoms with van der Waals surface area (Å²) in [7, 11) is 6.13. The fourth-order valence-electron chi connectivity index (χ4n) is 3.09. The second kappa shape index (κ2) is 11.1. The molecule has 0 aliphatic carbocycles. The summed E-state index contributed by atoms with van der Waals surface area (Å²) < 4.78 is 21.7. The number of ether oxygens (including phenoxy) is 2. The van der Waals surface area contributed by atoms with Crippen molar-refractivity contribution in [1.82, 2.24) is 14.9 Å². The number of methoxy groups -OCH3 is 1. The summed E-state index contributed by atoms with van der Waals surface area (Å²) in [5, 5.41) is 3.20. The highest BCUT2D eigenvalue weighted by molar-refractivity contribution is 7.94. The number of rotatable bonds is 9. The largest absolute Gasteiger partial charge is 0.480 e. The zero-order valence-electron chi connectivity index (χ0n) is 19.8. The zero-order chi connectivity index (χ0) is 25.7. The smallest absolute Gasteiger partial charge is 0.289 e. The summed E-state index contributed by atoms with van der Waals surface area (Å²) in [6, 6.07) is 11.7. The molecular weight excluding hydrogens is 488 g/mol. The highest BCUT2D eigenvalue weighted by atomic mass is 32.2. The highest BCUT2D eigenvalue weighted by Crippen LogP contribution is 2.35. The van der Waals surface area contributed by atoms with Gasteiger partial charge in [0, 0.05) is 30.6 Å². The predicted octanol–water partition coefficient (Wildman–Crippen LogP) is 4.56. The first-order chi connectivity index (χ1) is 17.4. The SMILES string of the molecule is COOSc1ccc(Oc2cc(C(=O)Nc3cnc(OC)cn3)cc3oc(C(=O)N(C)C)cc23)cc1. The van der Waals surface area contributed by atoms with Crippen LogP contribution in [0.25, 0.3) is 11.0 Å². The molecule has 4 rings (SSSR count). The number of anilines is 1. The number of furan rings is 1. The van der Waals surface area contributed by atoms with Crippen LogP contribution in [0.1, 0.15) is 20.9 Å². The monoisotopic (exact) mass is 510 g/mol. The van der Waals surface area contributed by atoms with Gasteiger partial charge in [-0.15, -0.1) is 0 Å². The Hall–Kier alpha value is -4.13. The van der Waals surface area contributed by atoms with Crippen LogP contribution in [0.2, 0.25) is 0 Å². The molecule has 2 aromatic carbocycles. The number of hydrogen-bond donors (Lipinski definition) is 1. The van der Waals surface area contributed by atoms with Gasteiger partial charge in [0.05, 0.1) is 44.0 Å².